The second kappa shape index (κ2) is 7.61. The third-order valence-electron chi connectivity index (χ3n) is 3.32. The summed E-state index contributed by atoms with van der Waals surface area (Å²) in [7, 11) is 1.43. The van der Waals surface area contributed by atoms with Gasteiger partial charge in [0.2, 0.25) is 0 Å². The third kappa shape index (κ3) is 4.43. The van der Waals surface area contributed by atoms with Crippen molar-refractivity contribution in [1.82, 2.24) is 0 Å². The molecule has 2 rings (SSSR count). The molecule has 0 spiro atoms. The third-order valence-corrected chi connectivity index (χ3v) is 3.32. The number of nitrogens with one attached hydrogen (secondary N) is 1. The highest BCUT2D eigenvalue weighted by Gasteiger charge is 2.20. The van der Waals surface area contributed by atoms with Crippen molar-refractivity contribution in [3.63, 3.8) is 0 Å². The molecule has 1 unspecified atom stereocenters. The van der Waals surface area contributed by atoms with E-state index in [-0.39, 0.29) is 17.0 Å². The number of amides is 2. The van der Waals surface area contributed by atoms with Crippen LogP contribution in [0.5, 0.6) is 11.5 Å². The van der Waals surface area contributed by atoms with E-state index in [4.69, 9.17) is 15.2 Å². The van der Waals surface area contributed by atoms with Gasteiger partial charge in [0, 0.05) is 12.1 Å². The highest BCUT2D eigenvalue weighted by Crippen LogP contribution is 2.26. The summed E-state index contributed by atoms with van der Waals surface area (Å²) < 4.78 is 37.0. The molecule has 0 aliphatic rings. The Labute approximate surface area is 142 Å². The summed E-state index contributed by atoms with van der Waals surface area (Å²) in [6, 6.07) is 7.08. The lowest BCUT2D eigenvalue weighted by atomic mass is 10.1. The van der Waals surface area contributed by atoms with Crippen LogP contribution in [-0.2, 0) is 4.79 Å². The van der Waals surface area contributed by atoms with Gasteiger partial charge in [0.1, 0.15) is 23.1 Å². The van der Waals surface area contributed by atoms with Gasteiger partial charge in [0.05, 0.1) is 18.4 Å². The molecule has 0 heterocycles. The first-order chi connectivity index (χ1) is 11.8. The van der Waals surface area contributed by atoms with Crippen molar-refractivity contribution in [3.05, 3.63) is 53.6 Å². The molecule has 0 aliphatic carbocycles. The Kier molecular flexibility index (Phi) is 5.53. The van der Waals surface area contributed by atoms with E-state index in [1.165, 1.54) is 32.2 Å². The van der Waals surface area contributed by atoms with Crippen LogP contribution in [0, 0.1) is 11.6 Å². The molecule has 0 bridgehead atoms. The molecule has 0 saturated heterocycles. The Balaban J connectivity index is 2.17. The number of ether oxygens (including phenoxy) is 2. The van der Waals surface area contributed by atoms with E-state index < -0.39 is 29.6 Å². The Morgan fingerprint density at radius 2 is 1.88 bits per heavy atom. The summed E-state index contributed by atoms with van der Waals surface area (Å²) in [5, 5.41) is 2.28. The van der Waals surface area contributed by atoms with Crippen molar-refractivity contribution >= 4 is 17.5 Å². The van der Waals surface area contributed by atoms with Crippen LogP contribution in [-0.4, -0.2) is 25.0 Å². The fourth-order valence-corrected chi connectivity index (χ4v) is 2.00. The minimum Gasteiger partial charge on any atom is -0.497 e. The van der Waals surface area contributed by atoms with Crippen LogP contribution in [0.3, 0.4) is 0 Å². The monoisotopic (exact) mass is 350 g/mol. The predicted octanol–water partition coefficient (Wildman–Crippen LogP) is 2.48. The van der Waals surface area contributed by atoms with Crippen LogP contribution in [0.15, 0.2) is 36.4 Å². The number of halogens is 2. The largest absolute Gasteiger partial charge is 0.497 e. The summed E-state index contributed by atoms with van der Waals surface area (Å²) in [5.74, 6) is -2.66. The molecule has 132 valence electrons. The highest BCUT2D eigenvalue weighted by molar-refractivity contribution is 5.97. The Bertz CT molecular complexity index is 811. The molecule has 2 aromatic rings. The Hall–Kier alpha value is -3.16. The van der Waals surface area contributed by atoms with Crippen LogP contribution in [0.4, 0.5) is 14.5 Å². The first-order valence-corrected chi connectivity index (χ1v) is 7.22. The second-order valence-electron chi connectivity index (χ2n) is 5.10. The fourth-order valence-electron chi connectivity index (χ4n) is 2.00. The number of primary amides is 1. The van der Waals surface area contributed by atoms with Gasteiger partial charge in [-0.05, 0) is 31.2 Å². The molecule has 6 nitrogen and oxygen atoms in total. The van der Waals surface area contributed by atoms with Crippen molar-refractivity contribution < 1.29 is 27.8 Å². The van der Waals surface area contributed by atoms with E-state index >= 15 is 0 Å². The number of carbonyl (C=O) groups is 2. The lowest BCUT2D eigenvalue weighted by molar-refractivity contribution is -0.122. The van der Waals surface area contributed by atoms with Gasteiger partial charge in [-0.25, -0.2) is 8.78 Å². The zero-order valence-electron chi connectivity index (χ0n) is 13.5. The summed E-state index contributed by atoms with van der Waals surface area (Å²) in [5.41, 5.74) is 5.14. The minimum atomic E-state index is -1.09. The highest BCUT2D eigenvalue weighted by atomic mass is 19.1. The zero-order chi connectivity index (χ0) is 18.6. The lowest BCUT2D eigenvalue weighted by Crippen LogP contribution is -2.31. The van der Waals surface area contributed by atoms with Crippen LogP contribution in [0.1, 0.15) is 17.3 Å². The average molecular weight is 350 g/mol. The maximum absolute atomic E-state index is 13.6. The first-order valence-electron chi connectivity index (χ1n) is 7.22. The molecule has 0 fully saturated rings. The Morgan fingerprint density at radius 3 is 2.48 bits per heavy atom. The van der Waals surface area contributed by atoms with Gasteiger partial charge in [0.25, 0.3) is 11.8 Å². The molecule has 0 aromatic heterocycles. The number of nitrogens with two attached hydrogens (primary N) is 1. The molecule has 2 amide bonds. The average Bonchev–Trinajstić information content (AvgIpc) is 2.56. The van der Waals surface area contributed by atoms with Gasteiger partial charge in [-0.1, -0.05) is 0 Å². The standard InChI is InChI=1S/C17H16F2N2O4/c1-9(17(23)21-14-6-3-10(18)7-13(14)19)25-15-8-11(24-2)4-5-12(15)16(20)22/h3-9H,1-2H3,(H2,20,22)(H,21,23). The zero-order valence-corrected chi connectivity index (χ0v) is 13.5. The number of hydrogen-bond donors (Lipinski definition) is 2. The molecular formula is C17H16F2N2O4. The van der Waals surface area contributed by atoms with Crippen molar-refractivity contribution in [1.29, 1.82) is 0 Å². The first kappa shape index (κ1) is 18.2. The second-order valence-corrected chi connectivity index (χ2v) is 5.10. The summed E-state index contributed by atoms with van der Waals surface area (Å²) in [6.07, 6.45) is -1.09. The van der Waals surface area contributed by atoms with Gasteiger partial charge in [-0.15, -0.1) is 0 Å². The summed E-state index contributed by atoms with van der Waals surface area (Å²) in [6.45, 7) is 1.40. The number of hydrogen-bond acceptors (Lipinski definition) is 4. The normalized spacial score (nSPS) is 11.5. The lowest BCUT2D eigenvalue weighted by Gasteiger charge is -2.17. The van der Waals surface area contributed by atoms with Crippen molar-refractivity contribution in [2.45, 2.75) is 13.0 Å². The van der Waals surface area contributed by atoms with E-state index in [2.05, 4.69) is 5.32 Å². The fraction of sp³-hybridized carbons (Fsp3) is 0.176. The van der Waals surface area contributed by atoms with Crippen LogP contribution < -0.4 is 20.5 Å². The smallest absolute Gasteiger partial charge is 0.265 e. The molecule has 1 atom stereocenters. The van der Waals surface area contributed by atoms with E-state index in [0.29, 0.717) is 11.8 Å². The molecule has 8 heteroatoms. The number of anilines is 1. The van der Waals surface area contributed by atoms with Gasteiger partial charge >= 0.3 is 0 Å². The molecule has 2 aromatic carbocycles. The molecule has 25 heavy (non-hydrogen) atoms. The van der Waals surface area contributed by atoms with Crippen molar-refractivity contribution in [3.8, 4) is 11.5 Å². The molecule has 0 aliphatic heterocycles. The number of carbonyl (C=O) groups excluding carboxylic acids is 2. The number of rotatable bonds is 6. The summed E-state index contributed by atoms with van der Waals surface area (Å²) in [4.78, 5) is 23.6. The maximum Gasteiger partial charge on any atom is 0.265 e. The quantitative estimate of drug-likeness (QED) is 0.837. The Morgan fingerprint density at radius 1 is 1.16 bits per heavy atom. The predicted molar refractivity (Wildman–Crippen MR) is 86.6 cm³/mol. The topological polar surface area (TPSA) is 90.7 Å². The molecule has 0 saturated carbocycles. The van der Waals surface area contributed by atoms with E-state index in [1.807, 2.05) is 0 Å². The van der Waals surface area contributed by atoms with Crippen LogP contribution >= 0.6 is 0 Å². The van der Waals surface area contributed by atoms with Gasteiger partial charge in [-0.3, -0.25) is 9.59 Å². The summed E-state index contributed by atoms with van der Waals surface area (Å²) >= 11 is 0. The van der Waals surface area contributed by atoms with E-state index in [0.717, 1.165) is 12.1 Å². The van der Waals surface area contributed by atoms with E-state index in [1.54, 1.807) is 0 Å². The van der Waals surface area contributed by atoms with Gasteiger partial charge < -0.3 is 20.5 Å². The van der Waals surface area contributed by atoms with Crippen molar-refractivity contribution in [2.24, 2.45) is 5.73 Å². The number of methoxy groups -OCH3 is 1. The van der Waals surface area contributed by atoms with Gasteiger partial charge in [-0.2, -0.15) is 0 Å². The number of benzene rings is 2. The van der Waals surface area contributed by atoms with Crippen LogP contribution in [0.2, 0.25) is 0 Å². The van der Waals surface area contributed by atoms with Gasteiger partial charge in [0.15, 0.2) is 6.10 Å². The maximum atomic E-state index is 13.6. The van der Waals surface area contributed by atoms with E-state index in [9.17, 15) is 18.4 Å². The molecule has 3 N–H and O–H groups in total. The molecular weight excluding hydrogens is 334 g/mol. The molecule has 0 radical (unpaired) electrons. The van der Waals surface area contributed by atoms with Crippen molar-refractivity contribution in [2.75, 3.05) is 12.4 Å². The van der Waals surface area contributed by atoms with Crippen LogP contribution in [0.25, 0.3) is 0 Å². The minimum absolute atomic E-state index is 0.0501. The SMILES string of the molecule is COc1ccc(C(N)=O)c(OC(C)C(=O)Nc2ccc(F)cc2F)c1.